The maximum Gasteiger partial charge on any atom is 0.139 e. The topological polar surface area (TPSA) is 21.7 Å². The fraction of sp³-hybridized carbons (Fsp3) is 0.625. The standard InChI is InChI=1S/C16H23Cl2NO2/c1-13-5-7-19(8-6-13)9-10-20-11-12-21-15-4-2-3-14(17)16(15)18/h2-4,13H,5-12H2,1H3. The van der Waals surface area contributed by atoms with E-state index in [0.717, 1.165) is 19.1 Å². The van der Waals surface area contributed by atoms with E-state index in [1.165, 1.54) is 25.9 Å². The van der Waals surface area contributed by atoms with Crippen molar-refractivity contribution in [3.63, 3.8) is 0 Å². The molecule has 0 atom stereocenters. The van der Waals surface area contributed by atoms with Gasteiger partial charge in [-0.25, -0.2) is 0 Å². The Morgan fingerprint density at radius 3 is 2.67 bits per heavy atom. The summed E-state index contributed by atoms with van der Waals surface area (Å²) >= 11 is 12.0. The first kappa shape index (κ1) is 16.9. The molecule has 0 N–H and O–H groups in total. The van der Waals surface area contributed by atoms with Crippen molar-refractivity contribution in [1.29, 1.82) is 0 Å². The molecule has 0 amide bonds. The Bertz CT molecular complexity index is 434. The molecule has 118 valence electrons. The molecule has 1 aromatic rings. The van der Waals surface area contributed by atoms with Crippen molar-refractivity contribution >= 4 is 23.2 Å². The van der Waals surface area contributed by atoms with E-state index in [1.54, 1.807) is 6.07 Å². The molecule has 0 spiro atoms. The van der Waals surface area contributed by atoms with E-state index in [2.05, 4.69) is 11.8 Å². The third-order valence-electron chi connectivity index (χ3n) is 3.83. The zero-order valence-electron chi connectivity index (χ0n) is 12.5. The van der Waals surface area contributed by atoms with Crippen LogP contribution in [0.4, 0.5) is 0 Å². The monoisotopic (exact) mass is 331 g/mol. The number of ether oxygens (including phenoxy) is 2. The number of hydrogen-bond acceptors (Lipinski definition) is 3. The summed E-state index contributed by atoms with van der Waals surface area (Å²) in [7, 11) is 0. The molecule has 0 unspecified atom stereocenters. The van der Waals surface area contributed by atoms with Crippen molar-refractivity contribution in [3.05, 3.63) is 28.2 Å². The number of nitrogens with zero attached hydrogens (tertiary/aromatic N) is 1. The smallest absolute Gasteiger partial charge is 0.139 e. The average Bonchev–Trinajstić information content (AvgIpc) is 2.49. The van der Waals surface area contributed by atoms with Crippen molar-refractivity contribution in [3.8, 4) is 5.75 Å². The Morgan fingerprint density at radius 2 is 1.90 bits per heavy atom. The largest absolute Gasteiger partial charge is 0.490 e. The Hall–Kier alpha value is -0.480. The predicted molar refractivity (Wildman–Crippen MR) is 87.6 cm³/mol. The highest BCUT2D eigenvalue weighted by atomic mass is 35.5. The first-order chi connectivity index (χ1) is 10.2. The first-order valence-electron chi connectivity index (χ1n) is 7.53. The van der Waals surface area contributed by atoms with Crippen molar-refractivity contribution in [2.45, 2.75) is 19.8 Å². The molecule has 0 bridgehead atoms. The molecule has 5 heteroatoms. The maximum atomic E-state index is 6.04. The van der Waals surface area contributed by atoms with Gasteiger partial charge in [0.25, 0.3) is 0 Å². The molecule has 0 radical (unpaired) electrons. The maximum absolute atomic E-state index is 6.04. The van der Waals surface area contributed by atoms with Crippen LogP contribution in [0, 0.1) is 5.92 Å². The molecular formula is C16H23Cl2NO2. The lowest BCUT2D eigenvalue weighted by Gasteiger charge is -2.29. The van der Waals surface area contributed by atoms with Crippen LogP contribution < -0.4 is 4.74 Å². The van der Waals surface area contributed by atoms with Crippen molar-refractivity contribution in [1.82, 2.24) is 4.90 Å². The molecule has 0 aliphatic carbocycles. The van der Waals surface area contributed by atoms with E-state index in [0.29, 0.717) is 29.0 Å². The van der Waals surface area contributed by atoms with E-state index < -0.39 is 0 Å². The summed E-state index contributed by atoms with van der Waals surface area (Å²) in [5, 5.41) is 0.969. The number of rotatable bonds is 7. The fourth-order valence-electron chi connectivity index (χ4n) is 2.39. The first-order valence-corrected chi connectivity index (χ1v) is 8.29. The summed E-state index contributed by atoms with van der Waals surface area (Å²) in [4.78, 5) is 2.47. The molecule has 0 aromatic heterocycles. The van der Waals surface area contributed by atoms with Gasteiger partial charge in [0, 0.05) is 6.54 Å². The third kappa shape index (κ3) is 5.67. The van der Waals surface area contributed by atoms with E-state index in [4.69, 9.17) is 32.7 Å². The molecule has 1 aromatic carbocycles. The molecule has 1 aliphatic rings. The van der Waals surface area contributed by atoms with Crippen LogP contribution in [0.15, 0.2) is 18.2 Å². The zero-order chi connectivity index (χ0) is 15.1. The molecule has 0 saturated carbocycles. The number of likely N-dealkylation sites (tertiary alicyclic amines) is 1. The van der Waals surface area contributed by atoms with Crippen molar-refractivity contribution < 1.29 is 9.47 Å². The average molecular weight is 332 g/mol. The molecule has 1 fully saturated rings. The zero-order valence-corrected chi connectivity index (χ0v) is 14.0. The minimum absolute atomic E-state index is 0.460. The molecular weight excluding hydrogens is 309 g/mol. The quantitative estimate of drug-likeness (QED) is 0.701. The normalized spacial score (nSPS) is 17.1. The molecule has 2 rings (SSSR count). The highest BCUT2D eigenvalue weighted by molar-refractivity contribution is 6.42. The van der Waals surface area contributed by atoms with Gasteiger partial charge in [-0.15, -0.1) is 0 Å². The Labute approximate surface area is 137 Å². The molecule has 21 heavy (non-hydrogen) atoms. The number of halogens is 2. The molecule has 3 nitrogen and oxygen atoms in total. The van der Waals surface area contributed by atoms with Crippen LogP contribution in [-0.2, 0) is 4.74 Å². The van der Waals surface area contributed by atoms with Crippen LogP contribution in [0.1, 0.15) is 19.8 Å². The Balaban J connectivity index is 1.55. The van der Waals surface area contributed by atoms with Crippen LogP contribution in [0.25, 0.3) is 0 Å². The van der Waals surface area contributed by atoms with E-state index >= 15 is 0 Å². The highest BCUT2D eigenvalue weighted by Crippen LogP contribution is 2.31. The van der Waals surface area contributed by atoms with Gasteiger partial charge in [0.15, 0.2) is 0 Å². The predicted octanol–water partition coefficient (Wildman–Crippen LogP) is 4.12. The summed E-state index contributed by atoms with van der Waals surface area (Å²) in [6, 6.07) is 5.37. The van der Waals surface area contributed by atoms with Crippen LogP contribution >= 0.6 is 23.2 Å². The lowest BCUT2D eigenvalue weighted by molar-refractivity contribution is 0.0709. The van der Waals surface area contributed by atoms with Gasteiger partial charge in [-0.05, 0) is 44.0 Å². The minimum Gasteiger partial charge on any atom is -0.490 e. The van der Waals surface area contributed by atoms with Crippen LogP contribution in [0.2, 0.25) is 10.0 Å². The van der Waals surface area contributed by atoms with Crippen LogP contribution in [0.5, 0.6) is 5.75 Å². The minimum atomic E-state index is 0.460. The summed E-state index contributed by atoms with van der Waals surface area (Å²) in [6.45, 7) is 7.51. The molecule has 1 heterocycles. The SMILES string of the molecule is CC1CCN(CCOCCOc2cccc(Cl)c2Cl)CC1. The van der Waals surface area contributed by atoms with Gasteiger partial charge < -0.3 is 14.4 Å². The summed E-state index contributed by atoms with van der Waals surface area (Å²) in [6.07, 6.45) is 2.60. The Morgan fingerprint density at radius 1 is 1.14 bits per heavy atom. The third-order valence-corrected chi connectivity index (χ3v) is 4.63. The number of benzene rings is 1. The van der Waals surface area contributed by atoms with E-state index in [9.17, 15) is 0 Å². The second-order valence-corrected chi connectivity index (χ2v) is 6.32. The van der Waals surface area contributed by atoms with Gasteiger partial charge in [-0.3, -0.25) is 0 Å². The molecule has 1 aliphatic heterocycles. The van der Waals surface area contributed by atoms with Gasteiger partial charge in [0.2, 0.25) is 0 Å². The second kappa shape index (κ2) is 8.84. The van der Waals surface area contributed by atoms with Gasteiger partial charge in [-0.1, -0.05) is 36.2 Å². The van der Waals surface area contributed by atoms with Gasteiger partial charge in [0.1, 0.15) is 17.4 Å². The number of piperidine rings is 1. The second-order valence-electron chi connectivity index (χ2n) is 5.54. The summed E-state index contributed by atoms with van der Waals surface area (Å²) in [5.41, 5.74) is 0. The molecule has 1 saturated heterocycles. The van der Waals surface area contributed by atoms with Gasteiger partial charge >= 0.3 is 0 Å². The van der Waals surface area contributed by atoms with Gasteiger partial charge in [0.05, 0.1) is 18.2 Å². The highest BCUT2D eigenvalue weighted by Gasteiger charge is 2.14. The van der Waals surface area contributed by atoms with E-state index in [1.807, 2.05) is 12.1 Å². The van der Waals surface area contributed by atoms with Gasteiger partial charge in [-0.2, -0.15) is 0 Å². The number of hydrogen-bond donors (Lipinski definition) is 0. The summed E-state index contributed by atoms with van der Waals surface area (Å²) < 4.78 is 11.2. The van der Waals surface area contributed by atoms with Crippen molar-refractivity contribution in [2.75, 3.05) is 39.5 Å². The Kier molecular flexibility index (Phi) is 7.11. The lowest BCUT2D eigenvalue weighted by Crippen LogP contribution is -2.35. The van der Waals surface area contributed by atoms with E-state index in [-0.39, 0.29) is 0 Å². The fourth-order valence-corrected chi connectivity index (χ4v) is 2.73. The van der Waals surface area contributed by atoms with Crippen LogP contribution in [-0.4, -0.2) is 44.4 Å². The van der Waals surface area contributed by atoms with Crippen molar-refractivity contribution in [2.24, 2.45) is 5.92 Å². The lowest BCUT2D eigenvalue weighted by atomic mass is 9.99. The summed E-state index contributed by atoms with van der Waals surface area (Å²) in [5.74, 6) is 1.48. The van der Waals surface area contributed by atoms with Crippen LogP contribution in [0.3, 0.4) is 0 Å².